The first kappa shape index (κ1) is 16.4. The zero-order chi connectivity index (χ0) is 16.9. The molecule has 0 aromatic heterocycles. The molecular weight excluding hydrogens is 304 g/mol. The second kappa shape index (κ2) is 7.41. The lowest BCUT2D eigenvalue weighted by Gasteiger charge is -2.22. The Kier molecular flexibility index (Phi) is 5.06. The predicted molar refractivity (Wildman–Crippen MR) is 89.2 cm³/mol. The highest BCUT2D eigenvalue weighted by Gasteiger charge is 2.34. The molecule has 0 saturated heterocycles. The maximum atomic E-state index is 12.5. The van der Waals surface area contributed by atoms with E-state index in [0.717, 1.165) is 11.1 Å². The van der Waals surface area contributed by atoms with Crippen LogP contribution in [-0.4, -0.2) is 11.8 Å². The maximum Gasteiger partial charge on any atom is 0.353 e. The molecule has 1 aliphatic rings. The minimum absolute atomic E-state index is 0.182. The molecule has 2 atom stereocenters. The second-order valence-corrected chi connectivity index (χ2v) is 5.92. The average Bonchev–Trinajstić information content (AvgIpc) is 2.63. The molecule has 0 saturated carbocycles. The smallest absolute Gasteiger partial charge is 0.297 e. The minimum Gasteiger partial charge on any atom is -0.297 e. The third-order valence-corrected chi connectivity index (χ3v) is 4.37. The van der Waals surface area contributed by atoms with Crippen LogP contribution in [0.5, 0.6) is 0 Å². The Bertz CT molecular complexity index is 723. The minimum atomic E-state index is -0.784. The first-order valence-electron chi connectivity index (χ1n) is 8.25. The van der Waals surface area contributed by atoms with Gasteiger partial charge in [0.05, 0.1) is 0 Å². The van der Waals surface area contributed by atoms with Crippen LogP contribution in [0, 0.1) is 5.92 Å². The topological polar surface area (TPSA) is 52.6 Å². The van der Waals surface area contributed by atoms with Crippen LogP contribution in [-0.2, 0) is 21.0 Å². The highest BCUT2D eigenvalue weighted by atomic mass is 17.2. The lowest BCUT2D eigenvalue weighted by molar-refractivity contribution is -0.303. The van der Waals surface area contributed by atoms with E-state index in [-0.39, 0.29) is 11.9 Å². The molecule has 0 amide bonds. The third-order valence-electron chi connectivity index (χ3n) is 4.37. The molecule has 0 bridgehead atoms. The van der Waals surface area contributed by atoms with Gasteiger partial charge in [-0.15, -0.1) is 0 Å². The lowest BCUT2D eigenvalue weighted by Crippen LogP contribution is -2.31. The van der Waals surface area contributed by atoms with E-state index in [9.17, 15) is 9.59 Å². The summed E-state index contributed by atoms with van der Waals surface area (Å²) < 4.78 is 0. The number of rotatable bonds is 5. The summed E-state index contributed by atoms with van der Waals surface area (Å²) >= 11 is 0. The molecule has 0 spiro atoms. The normalized spacial score (nSPS) is 17.9. The van der Waals surface area contributed by atoms with E-state index >= 15 is 0 Å². The van der Waals surface area contributed by atoms with E-state index in [1.165, 1.54) is 0 Å². The van der Waals surface area contributed by atoms with Gasteiger partial charge in [0, 0.05) is 5.56 Å². The van der Waals surface area contributed by atoms with Gasteiger partial charge in [-0.1, -0.05) is 61.5 Å². The molecule has 0 heterocycles. The number of aryl methyl sites for hydroxylation is 1. The van der Waals surface area contributed by atoms with Gasteiger partial charge < -0.3 is 0 Å². The maximum absolute atomic E-state index is 12.5. The number of hydrogen-bond donors (Lipinski definition) is 0. The molecule has 1 aliphatic carbocycles. The summed E-state index contributed by atoms with van der Waals surface area (Å²) in [5.41, 5.74) is 2.54. The predicted octanol–water partition coefficient (Wildman–Crippen LogP) is 4.06. The lowest BCUT2D eigenvalue weighted by atomic mass is 9.83. The number of carbonyl (C=O) groups is 2. The summed E-state index contributed by atoms with van der Waals surface area (Å²) in [6.45, 7) is 1.95. The Labute approximate surface area is 141 Å². The van der Waals surface area contributed by atoms with Crippen molar-refractivity contribution in [1.29, 1.82) is 0 Å². The Morgan fingerprint density at radius 1 is 1.12 bits per heavy atom. The van der Waals surface area contributed by atoms with E-state index in [4.69, 9.17) is 9.78 Å². The average molecular weight is 324 g/mol. The van der Waals surface area contributed by atoms with Crippen molar-refractivity contribution >= 4 is 11.8 Å². The molecule has 2 aromatic rings. The molecule has 0 N–H and O–H groups in total. The van der Waals surface area contributed by atoms with Crippen molar-refractivity contribution in [3.8, 4) is 0 Å². The first-order chi connectivity index (χ1) is 11.7. The zero-order valence-electron chi connectivity index (χ0n) is 13.6. The summed E-state index contributed by atoms with van der Waals surface area (Å²) in [7, 11) is 0. The van der Waals surface area contributed by atoms with Gasteiger partial charge in [0.1, 0.15) is 12.0 Å². The highest BCUT2D eigenvalue weighted by Crippen LogP contribution is 2.27. The summed E-state index contributed by atoms with van der Waals surface area (Å²) in [6.07, 6.45) is 1.48. The molecule has 0 aliphatic heterocycles. The van der Waals surface area contributed by atoms with Crippen LogP contribution in [0.3, 0.4) is 0 Å². The van der Waals surface area contributed by atoms with Crippen molar-refractivity contribution in [1.82, 2.24) is 0 Å². The quantitative estimate of drug-likeness (QED) is 0.473. The molecule has 0 radical (unpaired) electrons. The number of hydrogen-bond acceptors (Lipinski definition) is 4. The van der Waals surface area contributed by atoms with Crippen LogP contribution in [0.4, 0.5) is 0 Å². The SMILES string of the molecule is CCC(OOC(=O)C1CCc2ccccc2C1=O)c1ccccc1. The van der Waals surface area contributed by atoms with Gasteiger partial charge in [-0.2, -0.15) is 4.89 Å². The van der Waals surface area contributed by atoms with Gasteiger partial charge >= 0.3 is 5.97 Å². The molecule has 4 nitrogen and oxygen atoms in total. The van der Waals surface area contributed by atoms with E-state index in [1.807, 2.05) is 55.5 Å². The van der Waals surface area contributed by atoms with Crippen molar-refractivity contribution in [2.45, 2.75) is 32.3 Å². The number of fused-ring (bicyclic) bond motifs is 1. The van der Waals surface area contributed by atoms with Crippen molar-refractivity contribution in [2.75, 3.05) is 0 Å². The van der Waals surface area contributed by atoms with E-state index < -0.39 is 11.9 Å². The second-order valence-electron chi connectivity index (χ2n) is 5.92. The fraction of sp³-hybridized carbons (Fsp3) is 0.300. The van der Waals surface area contributed by atoms with Gasteiger partial charge in [-0.3, -0.25) is 9.68 Å². The van der Waals surface area contributed by atoms with E-state index in [0.29, 0.717) is 24.8 Å². The summed E-state index contributed by atoms with van der Waals surface area (Å²) in [5, 5.41) is 0. The molecule has 2 aromatic carbocycles. The Balaban J connectivity index is 1.64. The Hall–Kier alpha value is -2.46. The monoisotopic (exact) mass is 324 g/mol. The summed E-state index contributed by atoms with van der Waals surface area (Å²) in [4.78, 5) is 35.1. The van der Waals surface area contributed by atoms with Crippen LogP contribution in [0.15, 0.2) is 54.6 Å². The van der Waals surface area contributed by atoms with Gasteiger partial charge in [-0.25, -0.2) is 4.79 Å². The molecule has 3 rings (SSSR count). The molecular formula is C20H20O4. The van der Waals surface area contributed by atoms with Crippen molar-refractivity contribution in [3.05, 3.63) is 71.3 Å². The van der Waals surface area contributed by atoms with Gasteiger partial charge in [0.15, 0.2) is 5.78 Å². The van der Waals surface area contributed by atoms with Crippen molar-refractivity contribution in [2.24, 2.45) is 5.92 Å². The van der Waals surface area contributed by atoms with E-state index in [1.54, 1.807) is 6.07 Å². The molecule has 24 heavy (non-hydrogen) atoms. The van der Waals surface area contributed by atoms with Crippen LogP contribution < -0.4 is 0 Å². The van der Waals surface area contributed by atoms with E-state index in [2.05, 4.69) is 0 Å². The van der Waals surface area contributed by atoms with Crippen LogP contribution in [0.1, 0.15) is 47.4 Å². The van der Waals surface area contributed by atoms with Crippen molar-refractivity contribution < 1.29 is 19.4 Å². The number of ketones is 1. The standard InChI is InChI=1S/C20H20O4/c1-2-18(15-9-4-3-5-10-15)23-24-20(22)17-13-12-14-8-6-7-11-16(14)19(17)21/h3-11,17-18H,2,12-13H2,1H3. The van der Waals surface area contributed by atoms with Gasteiger partial charge in [-0.05, 0) is 30.4 Å². The fourth-order valence-electron chi connectivity index (χ4n) is 3.01. The summed E-state index contributed by atoms with van der Waals surface area (Å²) in [5.74, 6) is -1.57. The van der Waals surface area contributed by atoms with Crippen LogP contribution in [0.2, 0.25) is 0 Å². The summed E-state index contributed by atoms with van der Waals surface area (Å²) in [6, 6.07) is 17.0. The van der Waals surface area contributed by atoms with Crippen LogP contribution in [0.25, 0.3) is 0 Å². The largest absolute Gasteiger partial charge is 0.353 e. The third kappa shape index (κ3) is 3.39. The van der Waals surface area contributed by atoms with Crippen molar-refractivity contribution in [3.63, 3.8) is 0 Å². The number of carbonyl (C=O) groups excluding carboxylic acids is 2. The molecule has 124 valence electrons. The molecule has 4 heteroatoms. The molecule has 0 fully saturated rings. The highest BCUT2D eigenvalue weighted by molar-refractivity contribution is 6.10. The van der Waals surface area contributed by atoms with Crippen LogP contribution >= 0.6 is 0 Å². The van der Waals surface area contributed by atoms with Gasteiger partial charge in [0.2, 0.25) is 0 Å². The zero-order valence-corrected chi connectivity index (χ0v) is 13.6. The van der Waals surface area contributed by atoms with Gasteiger partial charge in [0.25, 0.3) is 0 Å². The Morgan fingerprint density at radius 3 is 2.58 bits per heavy atom. The Morgan fingerprint density at radius 2 is 1.83 bits per heavy atom. The fourth-order valence-corrected chi connectivity index (χ4v) is 3.01. The molecule has 2 unspecified atom stereocenters. The number of Topliss-reactive ketones (excluding diaryl/α,β-unsaturated/α-hetero) is 1. The number of benzene rings is 2. The first-order valence-corrected chi connectivity index (χ1v) is 8.25.